The van der Waals surface area contributed by atoms with Crippen LogP contribution >= 0.6 is 0 Å². The SMILES string of the molecule is Cn1ncc(-c2ccc3c(c2)CN(C(CCC(=O)OC(C)(C)C)C(N)=O)C3=O)c1C1=CCCCCC1. The van der Waals surface area contributed by atoms with Gasteiger partial charge in [0.1, 0.15) is 11.6 Å². The fourth-order valence-corrected chi connectivity index (χ4v) is 5.12. The van der Waals surface area contributed by atoms with Crippen LogP contribution in [0.3, 0.4) is 0 Å². The molecule has 2 amide bonds. The van der Waals surface area contributed by atoms with Crippen LogP contribution in [0.1, 0.15) is 87.3 Å². The van der Waals surface area contributed by atoms with Crippen molar-refractivity contribution in [1.82, 2.24) is 14.7 Å². The number of hydrogen-bond acceptors (Lipinski definition) is 5. The third-order valence-electron chi connectivity index (χ3n) is 6.78. The zero-order valence-electron chi connectivity index (χ0n) is 21.7. The van der Waals surface area contributed by atoms with Gasteiger partial charge in [-0.1, -0.05) is 18.6 Å². The number of benzene rings is 1. The van der Waals surface area contributed by atoms with Crippen LogP contribution in [0.25, 0.3) is 16.7 Å². The van der Waals surface area contributed by atoms with E-state index in [1.165, 1.54) is 29.7 Å². The van der Waals surface area contributed by atoms with E-state index in [0.717, 1.165) is 35.2 Å². The Labute approximate surface area is 212 Å². The smallest absolute Gasteiger partial charge is 0.306 e. The zero-order valence-corrected chi connectivity index (χ0v) is 21.7. The second-order valence-electron chi connectivity index (χ2n) is 10.7. The molecule has 4 rings (SSSR count). The highest BCUT2D eigenvalue weighted by molar-refractivity contribution is 6.01. The molecule has 0 saturated carbocycles. The van der Waals surface area contributed by atoms with Gasteiger partial charge in [-0.05, 0) is 81.7 Å². The van der Waals surface area contributed by atoms with E-state index in [4.69, 9.17) is 10.5 Å². The van der Waals surface area contributed by atoms with Gasteiger partial charge in [0, 0.05) is 31.1 Å². The number of amides is 2. The number of nitrogens with zero attached hydrogens (tertiary/aromatic N) is 3. The van der Waals surface area contributed by atoms with Crippen LogP contribution in [0.2, 0.25) is 0 Å². The molecule has 0 spiro atoms. The Hall–Kier alpha value is -3.42. The van der Waals surface area contributed by atoms with Gasteiger partial charge < -0.3 is 15.4 Å². The molecule has 0 fully saturated rings. The van der Waals surface area contributed by atoms with Crippen LogP contribution in [-0.2, 0) is 27.9 Å². The molecule has 2 heterocycles. The number of fused-ring (bicyclic) bond motifs is 1. The molecule has 1 aromatic heterocycles. The lowest BCUT2D eigenvalue weighted by Gasteiger charge is -2.25. The van der Waals surface area contributed by atoms with Crippen molar-refractivity contribution in [3.63, 3.8) is 0 Å². The minimum atomic E-state index is -0.883. The van der Waals surface area contributed by atoms with Gasteiger partial charge in [-0.15, -0.1) is 0 Å². The standard InChI is InChI=1S/C28H36N4O4/c1-28(2,3)36-24(33)14-13-23(26(29)34)32-17-20-15-19(11-12-21(20)27(32)35)22-16-30-31(4)25(22)18-9-7-5-6-8-10-18/h9,11-12,15-16,23H,5-8,10,13-14,17H2,1-4H3,(H2,29,34). The van der Waals surface area contributed by atoms with E-state index < -0.39 is 23.5 Å². The maximum atomic E-state index is 13.2. The van der Waals surface area contributed by atoms with Gasteiger partial charge in [0.2, 0.25) is 5.91 Å². The van der Waals surface area contributed by atoms with Crippen LogP contribution in [0.4, 0.5) is 0 Å². The average molecular weight is 493 g/mol. The van der Waals surface area contributed by atoms with E-state index in [0.29, 0.717) is 5.56 Å². The molecule has 192 valence electrons. The summed E-state index contributed by atoms with van der Waals surface area (Å²) in [4.78, 5) is 39.1. The predicted octanol–water partition coefficient (Wildman–Crippen LogP) is 4.37. The van der Waals surface area contributed by atoms with Crippen molar-refractivity contribution >= 4 is 23.4 Å². The number of primary amides is 1. The number of esters is 1. The number of hydrogen-bond donors (Lipinski definition) is 1. The molecule has 2 aromatic rings. The second kappa shape index (κ2) is 10.3. The summed E-state index contributed by atoms with van der Waals surface area (Å²) in [5.41, 5.74) is 10.9. The van der Waals surface area contributed by atoms with Gasteiger partial charge in [0.15, 0.2) is 0 Å². The van der Waals surface area contributed by atoms with Crippen LogP contribution in [0, 0.1) is 0 Å². The molecule has 0 saturated heterocycles. The number of carbonyl (C=O) groups is 3. The molecule has 0 bridgehead atoms. The molecule has 2 aliphatic rings. The van der Waals surface area contributed by atoms with Crippen LogP contribution < -0.4 is 5.73 Å². The summed E-state index contributed by atoms with van der Waals surface area (Å²) in [5, 5.41) is 4.53. The molecule has 2 N–H and O–H groups in total. The first kappa shape index (κ1) is 25.7. The lowest BCUT2D eigenvalue weighted by Crippen LogP contribution is -2.45. The quantitative estimate of drug-likeness (QED) is 0.578. The molecular formula is C28H36N4O4. The summed E-state index contributed by atoms with van der Waals surface area (Å²) in [7, 11) is 1.96. The van der Waals surface area contributed by atoms with E-state index >= 15 is 0 Å². The molecule has 1 aliphatic carbocycles. The normalized spacial score (nSPS) is 16.8. The highest BCUT2D eigenvalue weighted by Crippen LogP contribution is 2.36. The number of ether oxygens (including phenoxy) is 1. The Morgan fingerprint density at radius 3 is 2.67 bits per heavy atom. The van der Waals surface area contributed by atoms with Crippen molar-refractivity contribution in [1.29, 1.82) is 0 Å². The third kappa shape index (κ3) is 5.53. The van der Waals surface area contributed by atoms with Crippen molar-refractivity contribution in [2.24, 2.45) is 12.8 Å². The van der Waals surface area contributed by atoms with Crippen molar-refractivity contribution in [2.75, 3.05) is 0 Å². The number of aryl methyl sites for hydroxylation is 1. The average Bonchev–Trinajstić information content (AvgIpc) is 3.19. The summed E-state index contributed by atoms with van der Waals surface area (Å²) in [6.07, 6.45) is 10.1. The predicted molar refractivity (Wildman–Crippen MR) is 138 cm³/mol. The van der Waals surface area contributed by atoms with E-state index in [9.17, 15) is 14.4 Å². The molecule has 36 heavy (non-hydrogen) atoms. The molecule has 1 atom stereocenters. The van der Waals surface area contributed by atoms with Crippen LogP contribution in [0.5, 0.6) is 0 Å². The van der Waals surface area contributed by atoms with E-state index in [-0.39, 0.29) is 25.3 Å². The molecule has 1 aromatic carbocycles. The van der Waals surface area contributed by atoms with E-state index in [2.05, 4.69) is 11.2 Å². The van der Waals surface area contributed by atoms with Gasteiger partial charge in [0.05, 0.1) is 11.9 Å². The van der Waals surface area contributed by atoms with Crippen molar-refractivity contribution in [3.05, 3.63) is 47.3 Å². The molecule has 1 aliphatic heterocycles. The van der Waals surface area contributed by atoms with Crippen LogP contribution in [0.15, 0.2) is 30.5 Å². The van der Waals surface area contributed by atoms with Crippen molar-refractivity contribution < 1.29 is 19.1 Å². The van der Waals surface area contributed by atoms with Gasteiger partial charge in [-0.3, -0.25) is 19.1 Å². The highest BCUT2D eigenvalue weighted by atomic mass is 16.6. The third-order valence-corrected chi connectivity index (χ3v) is 6.78. The Morgan fingerprint density at radius 2 is 1.94 bits per heavy atom. The fraction of sp³-hybridized carbons (Fsp3) is 0.500. The Morgan fingerprint density at radius 1 is 1.17 bits per heavy atom. The maximum Gasteiger partial charge on any atom is 0.306 e. The molecule has 8 heteroatoms. The minimum Gasteiger partial charge on any atom is -0.460 e. The van der Waals surface area contributed by atoms with Gasteiger partial charge in [-0.25, -0.2) is 0 Å². The summed E-state index contributed by atoms with van der Waals surface area (Å²) >= 11 is 0. The van der Waals surface area contributed by atoms with E-state index in [1.807, 2.05) is 36.1 Å². The second-order valence-corrected chi connectivity index (χ2v) is 10.7. The first-order valence-corrected chi connectivity index (χ1v) is 12.7. The Bertz CT molecular complexity index is 1200. The Kier molecular flexibility index (Phi) is 7.33. The van der Waals surface area contributed by atoms with Gasteiger partial charge in [0.25, 0.3) is 5.91 Å². The molecule has 0 radical (unpaired) electrons. The number of rotatable bonds is 7. The van der Waals surface area contributed by atoms with Gasteiger partial charge >= 0.3 is 5.97 Å². The van der Waals surface area contributed by atoms with Crippen LogP contribution in [-0.4, -0.2) is 44.1 Å². The lowest BCUT2D eigenvalue weighted by molar-refractivity contribution is -0.155. The van der Waals surface area contributed by atoms with Crippen molar-refractivity contribution in [3.8, 4) is 11.1 Å². The zero-order chi connectivity index (χ0) is 26.0. The lowest BCUT2D eigenvalue weighted by atomic mass is 9.96. The number of nitrogens with two attached hydrogens (primary N) is 1. The maximum absolute atomic E-state index is 13.2. The topological polar surface area (TPSA) is 108 Å². The summed E-state index contributed by atoms with van der Waals surface area (Å²) in [6.45, 7) is 5.63. The Balaban J connectivity index is 1.56. The first-order chi connectivity index (χ1) is 17.0. The summed E-state index contributed by atoms with van der Waals surface area (Å²) in [5.74, 6) is -1.30. The first-order valence-electron chi connectivity index (χ1n) is 12.7. The number of aromatic nitrogens is 2. The molecule has 8 nitrogen and oxygen atoms in total. The van der Waals surface area contributed by atoms with Crippen molar-refractivity contribution in [2.45, 2.75) is 83.9 Å². The fourth-order valence-electron chi connectivity index (χ4n) is 5.12. The summed E-state index contributed by atoms with van der Waals surface area (Å²) < 4.78 is 7.28. The van der Waals surface area contributed by atoms with E-state index in [1.54, 1.807) is 20.8 Å². The largest absolute Gasteiger partial charge is 0.460 e. The number of carbonyl (C=O) groups excluding carboxylic acids is 3. The van der Waals surface area contributed by atoms with Gasteiger partial charge in [-0.2, -0.15) is 5.10 Å². The summed E-state index contributed by atoms with van der Waals surface area (Å²) in [6, 6.07) is 4.89. The minimum absolute atomic E-state index is 0.00437. The molecule has 1 unspecified atom stereocenters. The number of allylic oxidation sites excluding steroid dienone is 2. The monoisotopic (exact) mass is 492 g/mol. The highest BCUT2D eigenvalue weighted by Gasteiger charge is 2.36. The molecular weight excluding hydrogens is 456 g/mol.